The number of nitrogens with one attached hydrogen (secondary N) is 1. The van der Waals surface area contributed by atoms with Gasteiger partial charge in [0.25, 0.3) is 28.6 Å². The Balaban J connectivity index is 0.000000163. The molecule has 2 aromatic carbocycles. The highest BCUT2D eigenvalue weighted by molar-refractivity contribution is 7.90. The van der Waals surface area contributed by atoms with Gasteiger partial charge in [0.2, 0.25) is 39.3 Å². The summed E-state index contributed by atoms with van der Waals surface area (Å²) in [6.45, 7) is 2.77. The van der Waals surface area contributed by atoms with E-state index < -0.39 is 26.8 Å². The van der Waals surface area contributed by atoms with Gasteiger partial charge in [-0.05, 0) is 65.9 Å². The van der Waals surface area contributed by atoms with E-state index in [-0.39, 0.29) is 93.3 Å². The molecule has 402 valence electrons. The van der Waals surface area contributed by atoms with Gasteiger partial charge in [-0.1, -0.05) is 48.5 Å². The van der Waals surface area contributed by atoms with Crippen LogP contribution in [0.5, 0.6) is 0 Å². The normalized spacial score (nSPS) is 15.7. The van der Waals surface area contributed by atoms with E-state index in [1.165, 1.54) is 17.0 Å². The Hall–Kier alpha value is -7.75. The van der Waals surface area contributed by atoms with Crippen molar-refractivity contribution in [3.8, 4) is 23.2 Å². The van der Waals surface area contributed by atoms with Crippen LogP contribution in [0.25, 0.3) is 34.7 Å². The topological polar surface area (TPSA) is 303 Å². The smallest absolute Gasteiger partial charge is 0.259 e. The van der Waals surface area contributed by atoms with Gasteiger partial charge in [-0.3, -0.25) is 19.4 Å². The molecular formula is C49H56F4N16O6S. The molecule has 10 rings (SSSR count). The number of halogens is 4. The van der Waals surface area contributed by atoms with Crippen molar-refractivity contribution in [3.05, 3.63) is 108 Å². The first-order chi connectivity index (χ1) is 36.3. The molecule has 8 heterocycles. The third kappa shape index (κ3) is 15.0. The number of nitrogens with two attached hydrogens (primary N) is 3. The molecule has 0 spiro atoms. The van der Waals surface area contributed by atoms with Crippen molar-refractivity contribution in [3.63, 3.8) is 0 Å². The van der Waals surface area contributed by atoms with Crippen LogP contribution in [0, 0.1) is 0 Å². The van der Waals surface area contributed by atoms with Crippen molar-refractivity contribution in [2.24, 2.45) is 5.73 Å². The summed E-state index contributed by atoms with van der Waals surface area (Å²) in [5.74, 6) is -2.77. The third-order valence-electron chi connectivity index (χ3n) is 12.2. The second kappa shape index (κ2) is 23.8. The number of nitrogens with zero attached hydrogens (tertiary/aromatic N) is 12. The van der Waals surface area contributed by atoms with Crippen LogP contribution in [0.2, 0.25) is 0 Å². The molecule has 22 nitrogen and oxygen atoms in total. The number of aromatic nitrogens is 10. The van der Waals surface area contributed by atoms with Gasteiger partial charge in [-0.25, -0.2) is 26.0 Å². The highest BCUT2D eigenvalue weighted by Gasteiger charge is 2.35. The van der Waals surface area contributed by atoms with Crippen molar-refractivity contribution in [1.29, 1.82) is 0 Å². The lowest BCUT2D eigenvalue weighted by molar-refractivity contribution is -0.122. The van der Waals surface area contributed by atoms with E-state index in [0.717, 1.165) is 39.4 Å². The number of alkyl halides is 4. The van der Waals surface area contributed by atoms with Gasteiger partial charge in [-0.2, -0.15) is 38.9 Å². The summed E-state index contributed by atoms with van der Waals surface area (Å²) in [7, 11) is -3.57. The van der Waals surface area contributed by atoms with E-state index in [1.54, 1.807) is 24.3 Å². The Morgan fingerprint density at radius 2 is 1.05 bits per heavy atom. The number of hydrogen-bond acceptors (Lipinski definition) is 20. The second-order valence-corrected chi connectivity index (χ2v) is 20.2. The molecule has 0 unspecified atom stereocenters. The average molecular weight is 1070 g/mol. The first kappa shape index (κ1) is 54.5. The molecule has 2 saturated heterocycles. The molecule has 27 heteroatoms. The largest absolute Gasteiger partial charge is 0.461 e. The number of ketones is 2. The molecule has 0 bridgehead atoms. The number of hydrogen-bond donors (Lipinski definition) is 4. The molecule has 0 atom stereocenters. The quantitative estimate of drug-likeness (QED) is 0.0902. The van der Waals surface area contributed by atoms with Crippen LogP contribution in [-0.2, 0) is 45.1 Å². The lowest BCUT2D eigenvalue weighted by atomic mass is 10.0. The Bertz CT molecular complexity index is 3320. The standard InChI is InChI=1S/C24H26F2N8O2.C16H22F2N2O.C9H8N6O3S/c25-24(26)8-11-33(12-9-24)15-18(35)14-17-5-3-16(4-6-17)7-10-28-22-30-21(27)34-23(31-22)29-20(32-34)19-2-1-13-36-19;17-16(18)6-9-20(10-7-16)12-15(21)11-14-3-1-13(2-4-14)5-8-19;1-19(16,17)9-12-7(10)15-8(13-9)11-6(14-15)5-3-2-4-18-5/h1-6,13H,7-12,14-15H2,(H3,27,28,29,30,31,32);1-4H,5-12,19H2;2-4H,1H3,(H2,10,11,12,13,14). The van der Waals surface area contributed by atoms with Gasteiger partial charge < -0.3 is 31.4 Å². The molecule has 8 aromatic rings. The van der Waals surface area contributed by atoms with Crippen molar-refractivity contribution in [2.45, 2.75) is 68.4 Å². The zero-order valence-corrected chi connectivity index (χ0v) is 42.2. The van der Waals surface area contributed by atoms with Crippen molar-refractivity contribution < 1.29 is 44.4 Å². The Morgan fingerprint density at radius 1 is 0.618 bits per heavy atom. The van der Waals surface area contributed by atoms with E-state index in [1.807, 2.05) is 58.3 Å². The number of likely N-dealkylation sites (tertiary alicyclic amines) is 2. The fourth-order valence-corrected chi connectivity index (χ4v) is 8.64. The fraction of sp³-hybridized carbons (Fsp3) is 0.388. The number of nitrogen functional groups attached to an aromatic ring is 2. The van der Waals surface area contributed by atoms with Gasteiger partial charge >= 0.3 is 0 Å². The van der Waals surface area contributed by atoms with Crippen molar-refractivity contribution in [2.75, 3.05) is 75.4 Å². The van der Waals surface area contributed by atoms with E-state index in [2.05, 4.69) is 45.4 Å². The maximum Gasteiger partial charge on any atom is 0.259 e. The number of piperidine rings is 2. The predicted octanol–water partition coefficient (Wildman–Crippen LogP) is 4.65. The van der Waals surface area contributed by atoms with Crippen LogP contribution in [-0.4, -0.2) is 149 Å². The number of sulfone groups is 1. The molecule has 0 amide bonds. The lowest BCUT2D eigenvalue weighted by Gasteiger charge is -2.31. The van der Waals surface area contributed by atoms with Gasteiger partial charge in [0.1, 0.15) is 0 Å². The first-order valence-corrected chi connectivity index (χ1v) is 26.1. The average Bonchev–Trinajstić information content (AvgIpc) is 4.23. The molecule has 0 radical (unpaired) electrons. The van der Waals surface area contributed by atoms with Crippen LogP contribution in [0.1, 0.15) is 47.9 Å². The van der Waals surface area contributed by atoms with E-state index in [9.17, 15) is 35.6 Å². The fourth-order valence-electron chi connectivity index (χ4n) is 8.13. The Kier molecular flexibility index (Phi) is 17.1. The SMILES string of the molecule is CS(=O)(=O)c1nc(N)n2nc(-c3ccco3)nc2n1.NCCc1ccc(CC(=O)CN2CCC(F)(F)CC2)cc1.Nc1nc(NCCc2ccc(CC(=O)CN3CCC(F)(F)CC3)cc2)nc2nc(-c3ccco3)nn12. The molecule has 2 aliphatic heterocycles. The summed E-state index contributed by atoms with van der Waals surface area (Å²) in [6, 6.07) is 22.5. The van der Waals surface area contributed by atoms with Crippen LogP contribution in [0.4, 0.5) is 35.4 Å². The number of fused-ring (bicyclic) bond motifs is 2. The first-order valence-electron chi connectivity index (χ1n) is 24.2. The van der Waals surface area contributed by atoms with Crippen molar-refractivity contribution in [1.82, 2.24) is 58.9 Å². The number of carbonyl (C=O) groups excluding carboxylic acids is 2. The monoisotopic (exact) mass is 1070 g/mol. The zero-order valence-electron chi connectivity index (χ0n) is 41.4. The molecule has 7 N–H and O–H groups in total. The predicted molar refractivity (Wildman–Crippen MR) is 271 cm³/mol. The van der Waals surface area contributed by atoms with E-state index >= 15 is 0 Å². The highest BCUT2D eigenvalue weighted by atomic mass is 32.2. The molecule has 0 aliphatic carbocycles. The molecule has 2 fully saturated rings. The molecule has 6 aromatic heterocycles. The van der Waals surface area contributed by atoms with Crippen LogP contribution in [0.15, 0.2) is 99.3 Å². The number of rotatable bonds is 17. The number of Topliss-reactive ketones (excluding diaryl/α,β-unsaturated/α-hetero) is 2. The number of furan rings is 2. The summed E-state index contributed by atoms with van der Waals surface area (Å²) >= 11 is 0. The number of benzene rings is 2. The maximum absolute atomic E-state index is 13.3. The van der Waals surface area contributed by atoms with Gasteiger partial charge in [0.15, 0.2) is 23.1 Å². The molecule has 0 saturated carbocycles. The summed E-state index contributed by atoms with van der Waals surface area (Å²) in [4.78, 5) is 52.5. The summed E-state index contributed by atoms with van der Waals surface area (Å²) in [6.07, 6.45) is 5.52. The minimum atomic E-state index is -3.57. The number of anilines is 3. The zero-order chi connectivity index (χ0) is 54.0. The minimum absolute atomic E-state index is 0.0310. The Morgan fingerprint density at radius 3 is 1.49 bits per heavy atom. The van der Waals surface area contributed by atoms with Crippen molar-refractivity contribution >= 4 is 50.8 Å². The maximum atomic E-state index is 13.3. The van der Waals surface area contributed by atoms with E-state index in [0.29, 0.717) is 68.1 Å². The van der Waals surface area contributed by atoms with E-state index in [4.69, 9.17) is 26.0 Å². The van der Waals surface area contributed by atoms with Crippen LogP contribution in [0.3, 0.4) is 0 Å². The van der Waals surface area contributed by atoms with Gasteiger partial charge in [0.05, 0.1) is 25.6 Å². The van der Waals surface area contributed by atoms with Gasteiger partial charge in [-0.15, -0.1) is 10.2 Å². The minimum Gasteiger partial charge on any atom is -0.461 e. The lowest BCUT2D eigenvalue weighted by Crippen LogP contribution is -2.42. The summed E-state index contributed by atoms with van der Waals surface area (Å²) in [5.41, 5.74) is 21.2. The highest BCUT2D eigenvalue weighted by Crippen LogP contribution is 2.29. The summed E-state index contributed by atoms with van der Waals surface area (Å²) < 4.78 is 88.4. The second-order valence-electron chi connectivity index (χ2n) is 18.3. The summed E-state index contributed by atoms with van der Waals surface area (Å²) in [5, 5.41) is 11.1. The molecule has 2 aliphatic rings. The number of carbonyl (C=O) groups is 2. The van der Waals surface area contributed by atoms with Gasteiger partial charge in [0, 0.05) is 77.5 Å². The third-order valence-corrected chi connectivity index (χ3v) is 13.1. The van der Waals surface area contributed by atoms with Crippen LogP contribution >= 0.6 is 0 Å². The molecule has 76 heavy (non-hydrogen) atoms. The van der Waals surface area contributed by atoms with Crippen LogP contribution < -0.4 is 22.5 Å². The Labute approximate surface area is 433 Å². The molecular weight excluding hydrogens is 1020 g/mol.